The van der Waals surface area contributed by atoms with Crippen molar-refractivity contribution in [2.75, 3.05) is 5.33 Å². The average Bonchev–Trinajstić information content (AvgIpc) is 1.91. The predicted octanol–water partition coefficient (Wildman–Crippen LogP) is 1.83. The van der Waals surface area contributed by atoms with E-state index in [9.17, 15) is 4.79 Å². The summed E-state index contributed by atoms with van der Waals surface area (Å²) in [6.45, 7) is 0. The minimum atomic E-state index is 0.133. The molecular weight excluding hydrogens is 218 g/mol. The molecule has 0 radical (unpaired) electrons. The first kappa shape index (κ1) is 8.54. The molecule has 0 unspecified atom stereocenters. The topological polar surface area (TPSA) is 29.1 Å². The quantitative estimate of drug-likeness (QED) is 0.723. The monoisotopic (exact) mass is 231 g/mol. The SMILES string of the molecule is O=C(CBr)NC1CC2(CCC2)C1. The smallest absolute Gasteiger partial charge is 0.230 e. The summed E-state index contributed by atoms with van der Waals surface area (Å²) >= 11 is 3.14. The molecule has 2 fully saturated rings. The van der Waals surface area contributed by atoms with Crippen molar-refractivity contribution in [3.05, 3.63) is 0 Å². The minimum absolute atomic E-state index is 0.133. The predicted molar refractivity (Wildman–Crippen MR) is 51.2 cm³/mol. The van der Waals surface area contributed by atoms with Gasteiger partial charge in [-0.3, -0.25) is 4.79 Å². The Balaban J connectivity index is 1.71. The van der Waals surface area contributed by atoms with E-state index in [0.29, 0.717) is 16.8 Å². The van der Waals surface area contributed by atoms with Gasteiger partial charge in [0.25, 0.3) is 0 Å². The molecule has 0 aliphatic heterocycles. The molecular formula is C9H14BrNO. The van der Waals surface area contributed by atoms with Crippen LogP contribution in [0.4, 0.5) is 0 Å². The maximum absolute atomic E-state index is 11.0. The molecule has 0 heterocycles. The first-order valence-corrected chi connectivity index (χ1v) is 5.72. The Bertz CT molecular complexity index is 193. The third-order valence-corrected chi connectivity index (χ3v) is 3.77. The van der Waals surface area contributed by atoms with E-state index in [-0.39, 0.29) is 5.91 Å². The molecule has 0 aromatic carbocycles. The number of alkyl halides is 1. The zero-order valence-corrected chi connectivity index (χ0v) is 8.69. The molecule has 0 bridgehead atoms. The van der Waals surface area contributed by atoms with Crippen molar-refractivity contribution in [2.45, 2.75) is 38.1 Å². The van der Waals surface area contributed by atoms with Crippen molar-refractivity contribution < 1.29 is 4.79 Å². The number of rotatable bonds is 2. The van der Waals surface area contributed by atoms with E-state index in [0.717, 1.165) is 0 Å². The average molecular weight is 232 g/mol. The van der Waals surface area contributed by atoms with E-state index in [2.05, 4.69) is 21.2 Å². The van der Waals surface area contributed by atoms with Gasteiger partial charge >= 0.3 is 0 Å². The highest BCUT2D eigenvalue weighted by atomic mass is 79.9. The molecule has 2 rings (SSSR count). The lowest BCUT2D eigenvalue weighted by Gasteiger charge is -2.54. The van der Waals surface area contributed by atoms with Crippen LogP contribution in [-0.2, 0) is 4.79 Å². The second-order valence-electron chi connectivity index (χ2n) is 4.16. The second-order valence-corrected chi connectivity index (χ2v) is 4.72. The fourth-order valence-electron chi connectivity index (χ4n) is 2.44. The van der Waals surface area contributed by atoms with Gasteiger partial charge in [0.1, 0.15) is 0 Å². The van der Waals surface area contributed by atoms with Crippen molar-refractivity contribution in [3.8, 4) is 0 Å². The fraction of sp³-hybridized carbons (Fsp3) is 0.889. The summed E-state index contributed by atoms with van der Waals surface area (Å²) < 4.78 is 0. The number of carbonyl (C=O) groups is 1. The van der Waals surface area contributed by atoms with Gasteiger partial charge in [0.2, 0.25) is 5.91 Å². The van der Waals surface area contributed by atoms with Gasteiger partial charge in [-0.1, -0.05) is 22.4 Å². The van der Waals surface area contributed by atoms with Crippen LogP contribution in [0.5, 0.6) is 0 Å². The van der Waals surface area contributed by atoms with Crippen LogP contribution in [0.1, 0.15) is 32.1 Å². The van der Waals surface area contributed by atoms with Crippen molar-refractivity contribution in [1.82, 2.24) is 5.32 Å². The third-order valence-electron chi connectivity index (χ3n) is 3.26. The van der Waals surface area contributed by atoms with Crippen LogP contribution in [-0.4, -0.2) is 17.3 Å². The van der Waals surface area contributed by atoms with Gasteiger partial charge in [0.05, 0.1) is 5.33 Å². The lowest BCUT2D eigenvalue weighted by atomic mass is 9.54. The van der Waals surface area contributed by atoms with Crippen LogP contribution in [0.25, 0.3) is 0 Å². The second kappa shape index (κ2) is 3.02. The van der Waals surface area contributed by atoms with Crippen LogP contribution < -0.4 is 5.32 Å². The number of hydrogen-bond acceptors (Lipinski definition) is 1. The molecule has 2 aliphatic carbocycles. The first-order valence-electron chi connectivity index (χ1n) is 4.59. The number of hydrogen-bond donors (Lipinski definition) is 1. The number of carbonyl (C=O) groups excluding carboxylic acids is 1. The summed E-state index contributed by atoms with van der Waals surface area (Å²) in [5, 5.41) is 3.44. The normalized spacial score (nSPS) is 26.1. The lowest BCUT2D eigenvalue weighted by Crippen LogP contribution is -2.53. The van der Waals surface area contributed by atoms with Crippen LogP contribution in [0, 0.1) is 5.41 Å². The minimum Gasteiger partial charge on any atom is -0.353 e. The summed E-state index contributed by atoms with van der Waals surface area (Å²) in [4.78, 5) is 11.0. The van der Waals surface area contributed by atoms with Crippen molar-refractivity contribution >= 4 is 21.8 Å². The molecule has 0 saturated heterocycles. The Morgan fingerprint density at radius 1 is 1.50 bits per heavy atom. The van der Waals surface area contributed by atoms with E-state index in [1.807, 2.05) is 0 Å². The number of nitrogens with one attached hydrogen (secondary N) is 1. The molecule has 1 amide bonds. The molecule has 2 nitrogen and oxygen atoms in total. The molecule has 2 saturated carbocycles. The van der Waals surface area contributed by atoms with Crippen LogP contribution in [0.3, 0.4) is 0 Å². The lowest BCUT2D eigenvalue weighted by molar-refractivity contribution is -0.121. The number of amides is 1. The third kappa shape index (κ3) is 1.39. The zero-order valence-electron chi connectivity index (χ0n) is 7.11. The first-order chi connectivity index (χ1) is 5.74. The Kier molecular flexibility index (Phi) is 2.15. The zero-order chi connectivity index (χ0) is 8.60. The highest BCUT2D eigenvalue weighted by Gasteiger charge is 2.48. The van der Waals surface area contributed by atoms with E-state index < -0.39 is 0 Å². The van der Waals surface area contributed by atoms with Crippen LogP contribution in [0.15, 0.2) is 0 Å². The van der Waals surface area contributed by atoms with Gasteiger partial charge in [-0.25, -0.2) is 0 Å². The molecule has 3 heteroatoms. The van der Waals surface area contributed by atoms with Crippen molar-refractivity contribution in [1.29, 1.82) is 0 Å². The maximum atomic E-state index is 11.0. The van der Waals surface area contributed by atoms with Gasteiger partial charge < -0.3 is 5.32 Å². The highest BCUT2D eigenvalue weighted by Crippen LogP contribution is 2.55. The molecule has 1 spiro atoms. The molecule has 0 aromatic rings. The van der Waals surface area contributed by atoms with E-state index in [1.54, 1.807) is 0 Å². The van der Waals surface area contributed by atoms with Gasteiger partial charge in [-0.15, -0.1) is 0 Å². The standard InChI is InChI=1S/C9H14BrNO/c10-6-8(12)11-7-4-9(5-7)2-1-3-9/h7H,1-6H2,(H,11,12). The van der Waals surface area contributed by atoms with Crippen molar-refractivity contribution in [2.24, 2.45) is 5.41 Å². The largest absolute Gasteiger partial charge is 0.353 e. The molecule has 1 N–H and O–H groups in total. The Labute approximate surface area is 81.2 Å². The fourth-order valence-corrected chi connectivity index (χ4v) is 2.60. The van der Waals surface area contributed by atoms with Gasteiger partial charge in [0.15, 0.2) is 0 Å². The Morgan fingerprint density at radius 3 is 2.58 bits per heavy atom. The summed E-state index contributed by atoms with van der Waals surface area (Å²) in [5.41, 5.74) is 0.671. The van der Waals surface area contributed by atoms with Crippen molar-refractivity contribution in [3.63, 3.8) is 0 Å². The van der Waals surface area contributed by atoms with Gasteiger partial charge in [-0.2, -0.15) is 0 Å². The van der Waals surface area contributed by atoms with Crippen LogP contribution >= 0.6 is 15.9 Å². The number of halogens is 1. The molecule has 0 atom stereocenters. The summed E-state index contributed by atoms with van der Waals surface area (Å²) in [6, 6.07) is 0.482. The summed E-state index contributed by atoms with van der Waals surface area (Å²) in [7, 11) is 0. The molecule has 2 aliphatic rings. The van der Waals surface area contributed by atoms with E-state index in [4.69, 9.17) is 0 Å². The van der Waals surface area contributed by atoms with Gasteiger partial charge in [-0.05, 0) is 31.1 Å². The Morgan fingerprint density at radius 2 is 2.17 bits per heavy atom. The molecule has 12 heavy (non-hydrogen) atoms. The summed E-state index contributed by atoms with van der Waals surface area (Å²) in [5.74, 6) is 0.133. The van der Waals surface area contributed by atoms with E-state index in [1.165, 1.54) is 32.1 Å². The maximum Gasteiger partial charge on any atom is 0.230 e. The summed E-state index contributed by atoms with van der Waals surface area (Å²) in [6.07, 6.45) is 6.65. The molecule has 68 valence electrons. The van der Waals surface area contributed by atoms with E-state index >= 15 is 0 Å². The Hall–Kier alpha value is -0.0500. The van der Waals surface area contributed by atoms with Crippen LogP contribution in [0.2, 0.25) is 0 Å². The highest BCUT2D eigenvalue weighted by molar-refractivity contribution is 9.09. The van der Waals surface area contributed by atoms with Gasteiger partial charge in [0, 0.05) is 6.04 Å². The molecule has 0 aromatic heterocycles.